The largest absolute Gasteiger partial charge is 0.368 e. The van der Waals surface area contributed by atoms with Crippen LogP contribution in [-0.4, -0.2) is 18.0 Å². The molecule has 17 heavy (non-hydrogen) atoms. The normalized spacial score (nSPS) is 15.3. The van der Waals surface area contributed by atoms with Gasteiger partial charge in [0.25, 0.3) is 0 Å². The van der Waals surface area contributed by atoms with Gasteiger partial charge in [-0.2, -0.15) is 0 Å². The number of hydrogen-bond acceptors (Lipinski definition) is 2. The summed E-state index contributed by atoms with van der Waals surface area (Å²) in [6, 6.07) is 10.1. The van der Waals surface area contributed by atoms with Gasteiger partial charge in [0.1, 0.15) is 0 Å². The number of hydrogen-bond donors (Lipinski definition) is 2. The van der Waals surface area contributed by atoms with Gasteiger partial charge in [-0.25, -0.2) is 0 Å². The monoisotopic (exact) mass is 234 g/mol. The Kier molecular flexibility index (Phi) is 4.29. The van der Waals surface area contributed by atoms with E-state index in [2.05, 4.69) is 38.2 Å². The summed E-state index contributed by atoms with van der Waals surface area (Å²) >= 11 is 0. The van der Waals surface area contributed by atoms with Gasteiger partial charge in [-0.1, -0.05) is 44.2 Å². The number of nitrogens with one attached hydrogen (secondary N) is 1. The molecule has 0 heterocycles. The van der Waals surface area contributed by atoms with Crippen molar-refractivity contribution in [2.75, 3.05) is 0 Å². The molecule has 1 rings (SSSR count). The Morgan fingerprint density at radius 1 is 1.24 bits per heavy atom. The molecular formula is C14H22N2O. The molecule has 1 aromatic carbocycles. The third-order valence-corrected chi connectivity index (χ3v) is 3.53. The topological polar surface area (TPSA) is 55.1 Å². The van der Waals surface area contributed by atoms with Gasteiger partial charge in [-0.15, -0.1) is 0 Å². The highest BCUT2D eigenvalue weighted by molar-refractivity contribution is 5.79. The zero-order valence-corrected chi connectivity index (χ0v) is 11.0. The smallest absolute Gasteiger partial charge is 0.234 e. The highest BCUT2D eigenvalue weighted by Crippen LogP contribution is 2.26. The van der Waals surface area contributed by atoms with Crippen molar-refractivity contribution < 1.29 is 4.79 Å². The molecule has 0 fully saturated rings. The summed E-state index contributed by atoms with van der Waals surface area (Å²) in [7, 11) is 0. The number of carbonyl (C=O) groups is 1. The van der Waals surface area contributed by atoms with E-state index < -0.39 is 0 Å². The van der Waals surface area contributed by atoms with Crippen LogP contribution in [0.2, 0.25) is 0 Å². The average Bonchev–Trinajstić information content (AvgIpc) is 2.29. The molecule has 1 amide bonds. The predicted molar refractivity (Wildman–Crippen MR) is 70.7 cm³/mol. The zero-order chi connectivity index (χ0) is 13.1. The highest BCUT2D eigenvalue weighted by Gasteiger charge is 2.29. The van der Waals surface area contributed by atoms with Crippen LogP contribution in [0.5, 0.6) is 0 Å². The van der Waals surface area contributed by atoms with Crippen molar-refractivity contribution in [3.63, 3.8) is 0 Å². The number of amides is 1. The van der Waals surface area contributed by atoms with E-state index in [4.69, 9.17) is 5.73 Å². The number of primary amides is 1. The van der Waals surface area contributed by atoms with E-state index in [-0.39, 0.29) is 23.4 Å². The van der Waals surface area contributed by atoms with E-state index in [0.717, 1.165) is 0 Å². The molecule has 2 unspecified atom stereocenters. The van der Waals surface area contributed by atoms with E-state index in [0.29, 0.717) is 0 Å². The van der Waals surface area contributed by atoms with Gasteiger partial charge in [0.15, 0.2) is 0 Å². The lowest BCUT2D eigenvalue weighted by atomic mass is 9.78. The first-order chi connectivity index (χ1) is 7.85. The minimum Gasteiger partial charge on any atom is -0.368 e. The molecule has 3 N–H and O–H groups in total. The number of rotatable bonds is 5. The molecule has 3 nitrogen and oxygen atoms in total. The highest BCUT2D eigenvalue weighted by atomic mass is 16.1. The van der Waals surface area contributed by atoms with Gasteiger partial charge in [0.2, 0.25) is 5.91 Å². The summed E-state index contributed by atoms with van der Waals surface area (Å²) < 4.78 is 0. The van der Waals surface area contributed by atoms with Crippen LogP contribution >= 0.6 is 0 Å². The molecule has 0 radical (unpaired) electrons. The van der Waals surface area contributed by atoms with Gasteiger partial charge in [-0.05, 0) is 19.4 Å². The first kappa shape index (κ1) is 13.7. The summed E-state index contributed by atoms with van der Waals surface area (Å²) in [6.07, 6.45) is 0. The molecule has 0 aliphatic carbocycles. The Balaban J connectivity index is 2.80. The molecule has 0 saturated carbocycles. The zero-order valence-electron chi connectivity index (χ0n) is 11.0. The Morgan fingerprint density at radius 2 is 1.76 bits per heavy atom. The number of nitrogens with two attached hydrogens (primary N) is 1. The fraction of sp³-hybridized carbons (Fsp3) is 0.500. The van der Waals surface area contributed by atoms with Gasteiger partial charge < -0.3 is 11.1 Å². The summed E-state index contributed by atoms with van der Waals surface area (Å²) in [4.78, 5) is 11.1. The molecule has 0 aliphatic rings. The van der Waals surface area contributed by atoms with Crippen LogP contribution in [0.4, 0.5) is 0 Å². The van der Waals surface area contributed by atoms with Gasteiger partial charge >= 0.3 is 0 Å². The third kappa shape index (κ3) is 3.30. The standard InChI is InChI=1S/C14H22N2O/c1-10(13(15)17)16-11(2)14(3,4)12-8-6-5-7-9-12/h5-11,16H,1-4H3,(H2,15,17). The first-order valence-electron chi connectivity index (χ1n) is 5.96. The van der Waals surface area contributed by atoms with Crippen molar-refractivity contribution in [1.29, 1.82) is 0 Å². The van der Waals surface area contributed by atoms with Crippen molar-refractivity contribution in [1.82, 2.24) is 5.32 Å². The third-order valence-electron chi connectivity index (χ3n) is 3.53. The van der Waals surface area contributed by atoms with Gasteiger partial charge in [0, 0.05) is 11.5 Å². The van der Waals surface area contributed by atoms with Crippen molar-refractivity contribution >= 4 is 5.91 Å². The van der Waals surface area contributed by atoms with Crippen molar-refractivity contribution in [3.8, 4) is 0 Å². The van der Waals surface area contributed by atoms with Crippen LogP contribution in [-0.2, 0) is 10.2 Å². The van der Waals surface area contributed by atoms with E-state index >= 15 is 0 Å². The van der Waals surface area contributed by atoms with Crippen molar-refractivity contribution in [2.45, 2.75) is 45.2 Å². The molecule has 0 aliphatic heterocycles. The second kappa shape index (κ2) is 5.32. The lowest BCUT2D eigenvalue weighted by molar-refractivity contribution is -0.119. The molecule has 0 spiro atoms. The van der Waals surface area contributed by atoms with E-state index in [1.54, 1.807) is 6.92 Å². The summed E-state index contributed by atoms with van der Waals surface area (Å²) in [5.74, 6) is -0.319. The fourth-order valence-corrected chi connectivity index (χ4v) is 1.78. The molecule has 0 saturated heterocycles. The Hall–Kier alpha value is -1.35. The van der Waals surface area contributed by atoms with E-state index in [1.807, 2.05) is 18.2 Å². The van der Waals surface area contributed by atoms with Crippen LogP contribution in [0.1, 0.15) is 33.3 Å². The fourth-order valence-electron chi connectivity index (χ4n) is 1.78. The van der Waals surface area contributed by atoms with Crippen molar-refractivity contribution in [2.24, 2.45) is 5.73 Å². The Labute approximate surface area is 103 Å². The molecule has 2 atom stereocenters. The minimum absolute atomic E-state index is 0.0506. The second-order valence-corrected chi connectivity index (χ2v) is 5.10. The number of benzene rings is 1. The van der Waals surface area contributed by atoms with Crippen LogP contribution < -0.4 is 11.1 Å². The maximum atomic E-state index is 11.1. The summed E-state index contributed by atoms with van der Waals surface area (Å²) in [5.41, 5.74) is 6.46. The predicted octanol–water partition coefficient (Wildman–Crippen LogP) is 1.82. The van der Waals surface area contributed by atoms with Crippen LogP contribution in [0, 0.1) is 0 Å². The van der Waals surface area contributed by atoms with Gasteiger partial charge in [-0.3, -0.25) is 4.79 Å². The van der Waals surface area contributed by atoms with Crippen LogP contribution in [0.15, 0.2) is 30.3 Å². The second-order valence-electron chi connectivity index (χ2n) is 5.10. The maximum absolute atomic E-state index is 11.1. The SMILES string of the molecule is CC(NC(C)C(C)(C)c1ccccc1)C(N)=O. The van der Waals surface area contributed by atoms with Crippen LogP contribution in [0.3, 0.4) is 0 Å². The summed E-state index contributed by atoms with van der Waals surface area (Å²) in [5, 5.41) is 3.24. The molecular weight excluding hydrogens is 212 g/mol. The molecule has 94 valence electrons. The number of carbonyl (C=O) groups excluding carboxylic acids is 1. The quantitative estimate of drug-likeness (QED) is 0.816. The van der Waals surface area contributed by atoms with E-state index in [1.165, 1.54) is 5.56 Å². The lowest BCUT2D eigenvalue weighted by Crippen LogP contribution is -2.50. The minimum atomic E-state index is -0.319. The average molecular weight is 234 g/mol. The maximum Gasteiger partial charge on any atom is 0.234 e. The van der Waals surface area contributed by atoms with Crippen molar-refractivity contribution in [3.05, 3.63) is 35.9 Å². The van der Waals surface area contributed by atoms with Gasteiger partial charge in [0.05, 0.1) is 6.04 Å². The first-order valence-corrected chi connectivity index (χ1v) is 5.96. The lowest BCUT2D eigenvalue weighted by Gasteiger charge is -2.34. The molecule has 0 aromatic heterocycles. The molecule has 0 bridgehead atoms. The van der Waals surface area contributed by atoms with Crippen LogP contribution in [0.25, 0.3) is 0 Å². The Bertz CT molecular complexity index is 373. The Morgan fingerprint density at radius 3 is 2.24 bits per heavy atom. The molecule has 3 heteroatoms. The molecule has 1 aromatic rings. The summed E-state index contributed by atoms with van der Waals surface area (Å²) in [6.45, 7) is 8.19. The van der Waals surface area contributed by atoms with E-state index in [9.17, 15) is 4.79 Å².